The van der Waals surface area contributed by atoms with E-state index in [4.69, 9.17) is 0 Å². The van der Waals surface area contributed by atoms with Gasteiger partial charge in [0.15, 0.2) is 0 Å². The monoisotopic (exact) mass is 424 g/mol. The van der Waals surface area contributed by atoms with Gasteiger partial charge in [-0.2, -0.15) is 0 Å². The van der Waals surface area contributed by atoms with E-state index in [1.54, 1.807) is 24.3 Å². The van der Waals surface area contributed by atoms with Gasteiger partial charge < -0.3 is 5.32 Å². The maximum atomic E-state index is 12.1. The molecule has 0 unspecified atom stereocenters. The van der Waals surface area contributed by atoms with Crippen LogP contribution in [0.3, 0.4) is 0 Å². The van der Waals surface area contributed by atoms with E-state index in [-0.39, 0.29) is 18.9 Å². The van der Waals surface area contributed by atoms with E-state index < -0.39 is 10.0 Å². The number of hydrogen-bond donors (Lipinski definition) is 1. The Balaban J connectivity index is 1.96. The van der Waals surface area contributed by atoms with Crippen molar-refractivity contribution in [3.8, 4) is 0 Å². The zero-order valence-electron chi connectivity index (χ0n) is 14.2. The molecule has 0 aliphatic rings. The van der Waals surface area contributed by atoms with Gasteiger partial charge in [0.1, 0.15) is 0 Å². The highest BCUT2D eigenvalue weighted by molar-refractivity contribution is 9.10. The summed E-state index contributed by atoms with van der Waals surface area (Å²) in [7, 11) is -3.41. The second-order valence-corrected chi connectivity index (χ2v) is 8.60. The van der Waals surface area contributed by atoms with Crippen molar-refractivity contribution in [1.29, 1.82) is 0 Å². The smallest absolute Gasteiger partial charge is 0.232 e. The fourth-order valence-corrected chi connectivity index (χ4v) is 3.74. The van der Waals surface area contributed by atoms with Crippen molar-refractivity contribution < 1.29 is 13.2 Å². The Labute approximate surface area is 157 Å². The first kappa shape index (κ1) is 19.5. The third kappa shape index (κ3) is 5.86. The molecule has 134 valence electrons. The summed E-state index contributed by atoms with van der Waals surface area (Å²) in [6.45, 7) is 2.13. The summed E-state index contributed by atoms with van der Waals surface area (Å²) in [5.41, 5.74) is 2.25. The highest BCUT2D eigenvalue weighted by atomic mass is 79.9. The first-order valence-electron chi connectivity index (χ1n) is 7.86. The number of carbonyl (C=O) groups excluding carboxylic acids is 1. The maximum Gasteiger partial charge on any atom is 0.232 e. The highest BCUT2D eigenvalue weighted by Crippen LogP contribution is 2.22. The molecule has 0 aliphatic heterocycles. The third-order valence-electron chi connectivity index (χ3n) is 3.68. The molecule has 0 fully saturated rings. The number of nitrogens with one attached hydrogen (secondary N) is 1. The predicted molar refractivity (Wildman–Crippen MR) is 105 cm³/mol. The molecule has 5 nitrogen and oxygen atoms in total. The van der Waals surface area contributed by atoms with Gasteiger partial charge in [0.05, 0.1) is 11.9 Å². The molecule has 0 saturated heterocycles. The molecule has 7 heteroatoms. The second-order valence-electron chi connectivity index (χ2n) is 5.78. The van der Waals surface area contributed by atoms with Gasteiger partial charge >= 0.3 is 0 Å². The van der Waals surface area contributed by atoms with Crippen molar-refractivity contribution in [2.75, 3.05) is 22.4 Å². The molecule has 0 atom stereocenters. The Morgan fingerprint density at radius 2 is 1.76 bits per heavy atom. The summed E-state index contributed by atoms with van der Waals surface area (Å²) < 4.78 is 26.5. The van der Waals surface area contributed by atoms with Crippen LogP contribution in [0.5, 0.6) is 0 Å². The van der Waals surface area contributed by atoms with Gasteiger partial charge in [0, 0.05) is 23.1 Å². The van der Waals surface area contributed by atoms with Crippen molar-refractivity contribution in [3.05, 3.63) is 58.6 Å². The van der Waals surface area contributed by atoms with Crippen LogP contribution >= 0.6 is 15.9 Å². The lowest BCUT2D eigenvalue weighted by molar-refractivity contribution is -0.116. The number of amides is 1. The number of halogens is 1. The number of benzene rings is 2. The molecule has 0 aliphatic carbocycles. The van der Waals surface area contributed by atoms with Crippen molar-refractivity contribution in [3.63, 3.8) is 0 Å². The minimum Gasteiger partial charge on any atom is -0.326 e. The van der Waals surface area contributed by atoms with Crippen molar-refractivity contribution in [2.24, 2.45) is 0 Å². The summed E-state index contributed by atoms with van der Waals surface area (Å²) in [4.78, 5) is 12.0. The lowest BCUT2D eigenvalue weighted by Gasteiger charge is -2.24. The lowest BCUT2D eigenvalue weighted by Crippen LogP contribution is -2.32. The van der Waals surface area contributed by atoms with E-state index in [0.29, 0.717) is 17.8 Å². The summed E-state index contributed by atoms with van der Waals surface area (Å²) in [5.74, 6) is -0.138. The van der Waals surface area contributed by atoms with Crippen molar-refractivity contribution >= 4 is 43.2 Å². The Morgan fingerprint density at radius 1 is 1.12 bits per heavy atom. The highest BCUT2D eigenvalue weighted by Gasteiger charge is 2.19. The summed E-state index contributed by atoms with van der Waals surface area (Å²) in [6, 6.07) is 14.6. The minimum atomic E-state index is -3.41. The SMILES string of the molecule is Cc1ccccc1N(CCCC(=O)Nc1ccc(Br)cc1)S(C)(=O)=O. The maximum absolute atomic E-state index is 12.1. The number of anilines is 2. The zero-order chi connectivity index (χ0) is 18.4. The number of sulfonamides is 1. The molecule has 2 aromatic rings. The van der Waals surface area contributed by atoms with Crippen LogP contribution in [0.25, 0.3) is 0 Å². The normalized spacial score (nSPS) is 11.2. The topological polar surface area (TPSA) is 66.5 Å². The Morgan fingerprint density at radius 3 is 2.36 bits per heavy atom. The number of hydrogen-bond acceptors (Lipinski definition) is 3. The summed E-state index contributed by atoms with van der Waals surface area (Å²) in [5, 5.41) is 2.81. The minimum absolute atomic E-state index is 0.138. The Hall–Kier alpha value is -1.86. The van der Waals surface area contributed by atoms with Gasteiger partial charge in [-0.15, -0.1) is 0 Å². The van der Waals surface area contributed by atoms with E-state index in [1.807, 2.05) is 31.2 Å². The van der Waals surface area contributed by atoms with Crippen molar-refractivity contribution in [1.82, 2.24) is 0 Å². The first-order chi connectivity index (χ1) is 11.8. The fraction of sp³-hybridized carbons (Fsp3) is 0.278. The molecule has 25 heavy (non-hydrogen) atoms. The lowest BCUT2D eigenvalue weighted by atomic mass is 10.2. The quantitative estimate of drug-likeness (QED) is 0.731. The van der Waals surface area contributed by atoms with Gasteiger partial charge in [-0.05, 0) is 49.2 Å². The van der Waals surface area contributed by atoms with Gasteiger partial charge in [-0.3, -0.25) is 9.10 Å². The Bertz CT molecular complexity index is 836. The van der Waals surface area contributed by atoms with Crippen LogP contribution in [-0.4, -0.2) is 27.1 Å². The molecule has 0 spiro atoms. The average molecular weight is 425 g/mol. The van der Waals surface area contributed by atoms with Crippen LogP contribution in [0.15, 0.2) is 53.0 Å². The van der Waals surface area contributed by atoms with Crippen LogP contribution in [0.4, 0.5) is 11.4 Å². The van der Waals surface area contributed by atoms with Gasteiger partial charge in [0.25, 0.3) is 0 Å². The van der Waals surface area contributed by atoms with Crippen molar-refractivity contribution in [2.45, 2.75) is 19.8 Å². The van der Waals surface area contributed by atoms with E-state index >= 15 is 0 Å². The molecular formula is C18H21BrN2O3S. The fourth-order valence-electron chi connectivity index (χ4n) is 2.45. The molecule has 1 N–H and O–H groups in total. The van der Waals surface area contributed by atoms with Gasteiger partial charge in [0.2, 0.25) is 15.9 Å². The van der Waals surface area contributed by atoms with Crippen LogP contribution in [0.2, 0.25) is 0 Å². The predicted octanol–water partition coefficient (Wildman–Crippen LogP) is 3.94. The molecule has 0 heterocycles. The van der Waals surface area contributed by atoms with Crippen LogP contribution in [0.1, 0.15) is 18.4 Å². The molecule has 2 aromatic carbocycles. The van der Waals surface area contributed by atoms with E-state index in [2.05, 4.69) is 21.2 Å². The second kappa shape index (κ2) is 8.49. The molecule has 0 saturated carbocycles. The van der Waals surface area contributed by atoms with Gasteiger partial charge in [-0.1, -0.05) is 34.1 Å². The summed E-state index contributed by atoms with van der Waals surface area (Å²) >= 11 is 3.34. The largest absolute Gasteiger partial charge is 0.326 e. The number of rotatable bonds is 7. The molecule has 2 rings (SSSR count). The molecule has 0 aromatic heterocycles. The zero-order valence-corrected chi connectivity index (χ0v) is 16.6. The molecular weight excluding hydrogens is 404 g/mol. The van der Waals surface area contributed by atoms with E-state index in [9.17, 15) is 13.2 Å². The van der Waals surface area contributed by atoms with E-state index in [1.165, 1.54) is 10.6 Å². The van der Waals surface area contributed by atoms with Gasteiger partial charge in [-0.25, -0.2) is 8.42 Å². The number of para-hydroxylation sites is 1. The average Bonchev–Trinajstić information content (AvgIpc) is 2.54. The van der Waals surface area contributed by atoms with Crippen LogP contribution in [0, 0.1) is 6.92 Å². The summed E-state index contributed by atoms with van der Waals surface area (Å²) in [6.07, 6.45) is 1.86. The number of carbonyl (C=O) groups is 1. The Kier molecular flexibility index (Phi) is 6.61. The van der Waals surface area contributed by atoms with Crippen LogP contribution in [-0.2, 0) is 14.8 Å². The van der Waals surface area contributed by atoms with E-state index in [0.717, 1.165) is 10.0 Å². The number of nitrogens with zero attached hydrogens (tertiary/aromatic N) is 1. The third-order valence-corrected chi connectivity index (χ3v) is 5.39. The first-order valence-corrected chi connectivity index (χ1v) is 10.5. The molecule has 0 bridgehead atoms. The number of aryl methyl sites for hydroxylation is 1. The standard InChI is InChI=1S/C18H21BrN2O3S/c1-14-6-3-4-7-17(14)21(25(2,23)24)13-5-8-18(22)20-16-11-9-15(19)10-12-16/h3-4,6-7,9-12H,5,8,13H2,1-2H3,(H,20,22). The van der Waals surface area contributed by atoms with Crippen LogP contribution < -0.4 is 9.62 Å². The molecule has 1 amide bonds. The molecule has 0 radical (unpaired) electrons.